The molecule has 1 amide bonds. The third-order valence-electron chi connectivity index (χ3n) is 6.03. The first kappa shape index (κ1) is 15.2. The van der Waals surface area contributed by atoms with Crippen LogP contribution < -0.4 is 0 Å². The molecule has 1 saturated carbocycles. The van der Waals surface area contributed by atoms with E-state index in [-0.39, 0.29) is 5.91 Å². The van der Waals surface area contributed by atoms with Gasteiger partial charge in [0.05, 0.1) is 0 Å². The van der Waals surface area contributed by atoms with Crippen molar-refractivity contribution in [3.05, 3.63) is 35.4 Å². The summed E-state index contributed by atoms with van der Waals surface area (Å²) in [5.41, 5.74) is 2.19. The van der Waals surface area contributed by atoms with Crippen molar-refractivity contribution in [3.63, 3.8) is 0 Å². The van der Waals surface area contributed by atoms with Crippen molar-refractivity contribution in [3.8, 4) is 0 Å². The fourth-order valence-corrected chi connectivity index (χ4v) is 4.53. The number of carbonyl (C=O) groups is 1. The van der Waals surface area contributed by atoms with Crippen LogP contribution in [0.1, 0.15) is 60.9 Å². The van der Waals surface area contributed by atoms with Crippen molar-refractivity contribution >= 4 is 5.91 Å². The second kappa shape index (κ2) is 6.64. The van der Waals surface area contributed by atoms with Crippen LogP contribution in [0.5, 0.6) is 0 Å². The third-order valence-corrected chi connectivity index (χ3v) is 6.03. The summed E-state index contributed by atoms with van der Waals surface area (Å²) in [5, 5.41) is 0. The van der Waals surface area contributed by atoms with Crippen LogP contribution in [0, 0.1) is 5.92 Å². The van der Waals surface area contributed by atoms with Crippen LogP contribution in [0.2, 0.25) is 0 Å². The first-order chi connectivity index (χ1) is 11.3. The number of hydrogen-bond donors (Lipinski definition) is 0. The predicted octanol–water partition coefficient (Wildman–Crippen LogP) is 3.69. The maximum atomic E-state index is 13.0. The van der Waals surface area contributed by atoms with Crippen molar-refractivity contribution < 1.29 is 4.79 Å². The molecule has 1 aromatic rings. The van der Waals surface area contributed by atoms with E-state index in [9.17, 15) is 4.79 Å². The second-order valence-electron chi connectivity index (χ2n) is 7.58. The van der Waals surface area contributed by atoms with Gasteiger partial charge in [-0.15, -0.1) is 0 Å². The highest BCUT2D eigenvalue weighted by Crippen LogP contribution is 2.37. The summed E-state index contributed by atoms with van der Waals surface area (Å²) in [5.74, 6) is 1.04. The molecule has 0 aromatic heterocycles. The van der Waals surface area contributed by atoms with Crippen LogP contribution in [0.15, 0.2) is 24.3 Å². The van der Waals surface area contributed by atoms with Gasteiger partial charge in [0.1, 0.15) is 0 Å². The zero-order valence-corrected chi connectivity index (χ0v) is 14.0. The van der Waals surface area contributed by atoms with E-state index in [1.165, 1.54) is 63.6 Å². The highest BCUT2D eigenvalue weighted by molar-refractivity contribution is 5.94. The topological polar surface area (TPSA) is 23.6 Å². The van der Waals surface area contributed by atoms with E-state index < -0.39 is 0 Å². The molecule has 1 aliphatic carbocycles. The monoisotopic (exact) mass is 312 g/mol. The summed E-state index contributed by atoms with van der Waals surface area (Å²) in [7, 11) is 0. The number of hydrogen-bond acceptors (Lipinski definition) is 2. The van der Waals surface area contributed by atoms with Crippen LogP contribution >= 0.6 is 0 Å². The standard InChI is InChI=1S/C20H28N2O/c23-20(22-13-5-10-19(22)17-7-4-8-17)18-9-3-6-16(14-18)15-21-11-1-2-12-21/h3,6,9,14,17,19H,1-2,4-5,7-8,10-13,15H2. The number of likely N-dealkylation sites (tertiary alicyclic amines) is 2. The summed E-state index contributed by atoms with van der Waals surface area (Å²) in [6.07, 6.45) is 9.02. The highest BCUT2D eigenvalue weighted by atomic mass is 16.2. The molecule has 1 atom stereocenters. The van der Waals surface area contributed by atoms with Crippen LogP contribution in [-0.4, -0.2) is 41.4 Å². The smallest absolute Gasteiger partial charge is 0.254 e. The molecular weight excluding hydrogens is 284 g/mol. The summed E-state index contributed by atoms with van der Waals surface area (Å²) < 4.78 is 0. The van der Waals surface area contributed by atoms with E-state index >= 15 is 0 Å². The molecule has 0 N–H and O–H groups in total. The Morgan fingerprint density at radius 3 is 2.57 bits per heavy atom. The average Bonchev–Trinajstić information content (AvgIpc) is 3.17. The van der Waals surface area contributed by atoms with Crippen molar-refractivity contribution in [1.82, 2.24) is 9.80 Å². The third kappa shape index (κ3) is 3.16. The molecule has 0 spiro atoms. The van der Waals surface area contributed by atoms with Crippen molar-refractivity contribution in [1.29, 1.82) is 0 Å². The SMILES string of the molecule is O=C(c1cccc(CN2CCCC2)c1)N1CCCC1C1CCC1. The van der Waals surface area contributed by atoms with Gasteiger partial charge in [0.25, 0.3) is 5.91 Å². The minimum absolute atomic E-state index is 0.266. The molecule has 2 heterocycles. The fraction of sp³-hybridized carbons (Fsp3) is 0.650. The molecule has 2 saturated heterocycles. The van der Waals surface area contributed by atoms with Gasteiger partial charge in [0, 0.05) is 24.7 Å². The Bertz CT molecular complexity index is 561. The first-order valence-corrected chi connectivity index (χ1v) is 9.43. The fourth-order valence-electron chi connectivity index (χ4n) is 4.53. The number of nitrogens with zero attached hydrogens (tertiary/aromatic N) is 2. The van der Waals surface area contributed by atoms with E-state index in [0.29, 0.717) is 6.04 Å². The van der Waals surface area contributed by atoms with E-state index in [1.807, 2.05) is 6.07 Å². The van der Waals surface area contributed by atoms with Crippen molar-refractivity contribution in [2.75, 3.05) is 19.6 Å². The Labute approximate surface area is 139 Å². The molecule has 23 heavy (non-hydrogen) atoms. The van der Waals surface area contributed by atoms with Gasteiger partial charge < -0.3 is 4.90 Å². The lowest BCUT2D eigenvalue weighted by molar-refractivity contribution is 0.0626. The van der Waals surface area contributed by atoms with Gasteiger partial charge in [-0.2, -0.15) is 0 Å². The molecule has 4 rings (SSSR count). The molecule has 3 heteroatoms. The summed E-state index contributed by atoms with van der Waals surface area (Å²) in [6, 6.07) is 8.89. The zero-order chi connectivity index (χ0) is 15.6. The minimum atomic E-state index is 0.266. The number of amides is 1. The molecule has 124 valence electrons. The normalized spacial score (nSPS) is 25.7. The zero-order valence-electron chi connectivity index (χ0n) is 14.0. The Kier molecular flexibility index (Phi) is 4.39. The molecule has 1 aromatic carbocycles. The van der Waals surface area contributed by atoms with Gasteiger partial charge in [-0.1, -0.05) is 18.6 Å². The van der Waals surface area contributed by atoms with E-state index in [4.69, 9.17) is 0 Å². The maximum Gasteiger partial charge on any atom is 0.254 e. The van der Waals surface area contributed by atoms with Gasteiger partial charge in [-0.05, 0) is 75.2 Å². The Morgan fingerprint density at radius 2 is 1.83 bits per heavy atom. The summed E-state index contributed by atoms with van der Waals surface area (Å²) in [6.45, 7) is 4.35. The van der Waals surface area contributed by atoms with Gasteiger partial charge in [-0.3, -0.25) is 9.69 Å². The van der Waals surface area contributed by atoms with Gasteiger partial charge in [0.15, 0.2) is 0 Å². The van der Waals surface area contributed by atoms with E-state index in [1.54, 1.807) is 0 Å². The highest BCUT2D eigenvalue weighted by Gasteiger charge is 2.37. The predicted molar refractivity (Wildman–Crippen MR) is 92.4 cm³/mol. The summed E-state index contributed by atoms with van der Waals surface area (Å²) >= 11 is 0. The molecule has 3 fully saturated rings. The van der Waals surface area contributed by atoms with Crippen LogP contribution in [0.25, 0.3) is 0 Å². The molecule has 0 bridgehead atoms. The van der Waals surface area contributed by atoms with Gasteiger partial charge in [0.2, 0.25) is 0 Å². The number of rotatable bonds is 4. The molecule has 2 aliphatic heterocycles. The van der Waals surface area contributed by atoms with Crippen molar-refractivity contribution in [2.24, 2.45) is 5.92 Å². The lowest BCUT2D eigenvalue weighted by atomic mass is 9.78. The number of benzene rings is 1. The molecule has 0 radical (unpaired) electrons. The largest absolute Gasteiger partial charge is 0.335 e. The lowest BCUT2D eigenvalue weighted by Gasteiger charge is -2.37. The van der Waals surface area contributed by atoms with Crippen LogP contribution in [0.4, 0.5) is 0 Å². The van der Waals surface area contributed by atoms with Gasteiger partial charge >= 0.3 is 0 Å². The Balaban J connectivity index is 1.46. The van der Waals surface area contributed by atoms with E-state index in [2.05, 4.69) is 28.0 Å². The summed E-state index contributed by atoms with van der Waals surface area (Å²) in [4.78, 5) is 17.7. The average molecular weight is 312 g/mol. The van der Waals surface area contributed by atoms with E-state index in [0.717, 1.165) is 24.6 Å². The Morgan fingerprint density at radius 1 is 1.00 bits per heavy atom. The molecule has 3 aliphatic rings. The van der Waals surface area contributed by atoms with Gasteiger partial charge in [-0.25, -0.2) is 0 Å². The lowest BCUT2D eigenvalue weighted by Crippen LogP contribution is -2.42. The van der Waals surface area contributed by atoms with Crippen LogP contribution in [-0.2, 0) is 6.54 Å². The molecule has 1 unspecified atom stereocenters. The molecule has 3 nitrogen and oxygen atoms in total. The van der Waals surface area contributed by atoms with Crippen LogP contribution in [0.3, 0.4) is 0 Å². The molecular formula is C20H28N2O. The maximum absolute atomic E-state index is 13.0. The quantitative estimate of drug-likeness (QED) is 0.846. The van der Waals surface area contributed by atoms with Crippen molar-refractivity contribution in [2.45, 2.75) is 57.5 Å². The second-order valence-corrected chi connectivity index (χ2v) is 7.58. The Hall–Kier alpha value is -1.35. The number of carbonyl (C=O) groups excluding carboxylic acids is 1. The first-order valence-electron chi connectivity index (χ1n) is 9.43. The minimum Gasteiger partial charge on any atom is -0.335 e.